The molecule has 17 heavy (non-hydrogen) atoms. The summed E-state index contributed by atoms with van der Waals surface area (Å²) in [5.74, 6) is -0.757. The summed E-state index contributed by atoms with van der Waals surface area (Å²) < 4.78 is 0. The van der Waals surface area contributed by atoms with E-state index >= 15 is 0 Å². The van der Waals surface area contributed by atoms with E-state index in [1.54, 1.807) is 0 Å². The molecular weight excluding hydrogens is 250 g/mol. The molecule has 7 nitrogen and oxygen atoms in total. The van der Waals surface area contributed by atoms with Crippen molar-refractivity contribution in [1.82, 2.24) is 5.32 Å². The molecule has 0 aromatic rings. The van der Waals surface area contributed by atoms with Gasteiger partial charge in [-0.05, 0) is 6.92 Å². The normalized spacial score (nSPS) is 31.8. The molecule has 0 saturated carbocycles. The molecule has 1 aliphatic rings. The predicted octanol–water partition coefficient (Wildman–Crippen LogP) is -2.43. The van der Waals surface area contributed by atoms with E-state index in [-0.39, 0.29) is 5.75 Å². The van der Waals surface area contributed by atoms with Gasteiger partial charge in [0.15, 0.2) is 0 Å². The first-order valence-corrected chi connectivity index (χ1v) is 6.22. The maximum atomic E-state index is 10.7. The lowest BCUT2D eigenvalue weighted by atomic mass is 10.0. The van der Waals surface area contributed by atoms with Gasteiger partial charge >= 0.3 is 5.97 Å². The summed E-state index contributed by atoms with van der Waals surface area (Å²) in [6.07, 6.45) is -5.54. The highest BCUT2D eigenvalue weighted by Crippen LogP contribution is 2.24. The molecule has 0 amide bonds. The van der Waals surface area contributed by atoms with Crippen LogP contribution in [0.3, 0.4) is 0 Å². The molecule has 6 N–H and O–H groups in total. The van der Waals surface area contributed by atoms with Crippen LogP contribution in [0.1, 0.15) is 6.92 Å². The van der Waals surface area contributed by atoms with Crippen LogP contribution in [0.5, 0.6) is 0 Å². The highest BCUT2D eigenvalue weighted by molar-refractivity contribution is 8.00. The third-order valence-electron chi connectivity index (χ3n) is 2.61. The van der Waals surface area contributed by atoms with E-state index in [0.29, 0.717) is 0 Å². The quantitative estimate of drug-likeness (QED) is 0.324. The zero-order valence-corrected chi connectivity index (χ0v) is 10.0. The molecule has 1 unspecified atom stereocenters. The van der Waals surface area contributed by atoms with Gasteiger partial charge in [0.05, 0.1) is 11.5 Å². The SMILES string of the molecule is C[C@H](O)[C@H](O)[C@@H](O)[C@@H](O)C1N[C@H](C(=O)O)CS1. The summed E-state index contributed by atoms with van der Waals surface area (Å²) in [7, 11) is 0. The van der Waals surface area contributed by atoms with Crippen molar-refractivity contribution in [2.75, 3.05) is 5.75 Å². The summed E-state index contributed by atoms with van der Waals surface area (Å²) in [6, 6.07) is -0.782. The van der Waals surface area contributed by atoms with Gasteiger partial charge in [0.2, 0.25) is 0 Å². The lowest BCUT2D eigenvalue weighted by Gasteiger charge is -2.28. The Morgan fingerprint density at radius 2 is 1.88 bits per heavy atom. The Hall–Kier alpha value is -0.380. The van der Waals surface area contributed by atoms with Crippen LogP contribution in [0.15, 0.2) is 0 Å². The highest BCUT2D eigenvalue weighted by Gasteiger charge is 2.39. The molecule has 0 bridgehead atoms. The van der Waals surface area contributed by atoms with Crippen molar-refractivity contribution < 1.29 is 30.3 Å². The van der Waals surface area contributed by atoms with Crippen molar-refractivity contribution in [3.05, 3.63) is 0 Å². The van der Waals surface area contributed by atoms with Crippen molar-refractivity contribution in [1.29, 1.82) is 0 Å². The van der Waals surface area contributed by atoms with Crippen LogP contribution in [0.4, 0.5) is 0 Å². The number of thioether (sulfide) groups is 1. The maximum absolute atomic E-state index is 10.7. The first kappa shape index (κ1) is 14.7. The number of aliphatic hydroxyl groups excluding tert-OH is 4. The van der Waals surface area contributed by atoms with Crippen molar-refractivity contribution >= 4 is 17.7 Å². The molecule has 0 aromatic carbocycles. The molecule has 6 atom stereocenters. The van der Waals surface area contributed by atoms with Gasteiger partial charge in [0.25, 0.3) is 0 Å². The van der Waals surface area contributed by atoms with Gasteiger partial charge < -0.3 is 25.5 Å². The second-order valence-electron chi connectivity index (χ2n) is 4.02. The largest absolute Gasteiger partial charge is 0.480 e. The average molecular weight is 267 g/mol. The lowest BCUT2D eigenvalue weighted by molar-refractivity contribution is -0.139. The van der Waals surface area contributed by atoms with E-state index in [9.17, 15) is 20.1 Å². The second kappa shape index (κ2) is 5.98. The van der Waals surface area contributed by atoms with Gasteiger partial charge in [-0.15, -0.1) is 11.8 Å². The Morgan fingerprint density at radius 1 is 1.29 bits per heavy atom. The third-order valence-corrected chi connectivity index (χ3v) is 3.91. The summed E-state index contributed by atoms with van der Waals surface area (Å²) >= 11 is 1.15. The number of hydrogen-bond donors (Lipinski definition) is 6. The molecule has 8 heteroatoms. The fraction of sp³-hybridized carbons (Fsp3) is 0.889. The van der Waals surface area contributed by atoms with E-state index < -0.39 is 41.8 Å². The molecule has 1 heterocycles. The summed E-state index contributed by atoms with van der Waals surface area (Å²) in [5, 5.41) is 48.5. The molecule has 1 aliphatic heterocycles. The highest BCUT2D eigenvalue weighted by atomic mass is 32.2. The van der Waals surface area contributed by atoms with Gasteiger partial charge in [-0.3, -0.25) is 10.1 Å². The number of rotatable bonds is 5. The van der Waals surface area contributed by atoms with Crippen LogP contribution in [0.2, 0.25) is 0 Å². The Labute approximate surface area is 102 Å². The molecular formula is C9H17NO6S. The monoisotopic (exact) mass is 267 g/mol. The predicted molar refractivity (Wildman–Crippen MR) is 60.5 cm³/mol. The fourth-order valence-electron chi connectivity index (χ4n) is 1.50. The van der Waals surface area contributed by atoms with E-state index in [2.05, 4.69) is 5.32 Å². The van der Waals surface area contributed by atoms with E-state index in [4.69, 9.17) is 10.2 Å². The van der Waals surface area contributed by atoms with E-state index in [1.165, 1.54) is 6.92 Å². The topological polar surface area (TPSA) is 130 Å². The first-order chi connectivity index (χ1) is 7.84. The Morgan fingerprint density at radius 3 is 2.29 bits per heavy atom. The number of aliphatic carboxylic acids is 1. The minimum absolute atomic E-state index is 0.272. The number of hydrogen-bond acceptors (Lipinski definition) is 7. The average Bonchev–Trinajstić information content (AvgIpc) is 2.75. The Balaban J connectivity index is 2.54. The molecule has 100 valence electrons. The van der Waals surface area contributed by atoms with Gasteiger partial charge in [-0.25, -0.2) is 0 Å². The van der Waals surface area contributed by atoms with E-state index in [0.717, 1.165) is 11.8 Å². The Kier molecular flexibility index (Phi) is 5.17. The molecule has 1 fully saturated rings. The number of carboxylic acids is 1. The zero-order valence-electron chi connectivity index (χ0n) is 9.22. The molecule has 0 aromatic heterocycles. The van der Waals surface area contributed by atoms with Crippen molar-refractivity contribution in [2.45, 2.75) is 42.8 Å². The van der Waals surface area contributed by atoms with Crippen LogP contribution in [-0.4, -0.2) is 73.1 Å². The molecule has 0 radical (unpaired) electrons. The summed E-state index contributed by atoms with van der Waals surface area (Å²) in [5.41, 5.74) is 0. The number of carbonyl (C=O) groups is 1. The third kappa shape index (κ3) is 3.54. The fourth-order valence-corrected chi connectivity index (χ4v) is 2.76. The van der Waals surface area contributed by atoms with Crippen LogP contribution >= 0.6 is 11.8 Å². The molecule has 0 spiro atoms. The van der Waals surface area contributed by atoms with E-state index in [1.807, 2.05) is 0 Å². The minimum Gasteiger partial charge on any atom is -0.480 e. The van der Waals surface area contributed by atoms with Crippen molar-refractivity contribution in [3.8, 4) is 0 Å². The first-order valence-electron chi connectivity index (χ1n) is 5.17. The van der Waals surface area contributed by atoms with Crippen LogP contribution in [-0.2, 0) is 4.79 Å². The number of aliphatic hydroxyl groups is 4. The Bertz CT molecular complexity index is 276. The van der Waals surface area contributed by atoms with Gasteiger partial charge in [-0.2, -0.15) is 0 Å². The molecule has 1 rings (SSSR count). The lowest BCUT2D eigenvalue weighted by Crippen LogP contribution is -2.51. The van der Waals surface area contributed by atoms with Crippen molar-refractivity contribution in [2.24, 2.45) is 0 Å². The van der Waals surface area contributed by atoms with Crippen molar-refractivity contribution in [3.63, 3.8) is 0 Å². The molecule has 1 saturated heterocycles. The standard InChI is InChI=1S/C9H17NO6S/c1-3(11)5(12)6(13)7(14)8-10-4(2-17-8)9(15)16/h3-8,10-14H,2H2,1H3,(H,15,16)/t3-,4-,5-,6+,7+,8?/m0/s1. The van der Waals surface area contributed by atoms with Gasteiger partial charge in [-0.1, -0.05) is 0 Å². The van der Waals surface area contributed by atoms with Crippen LogP contribution < -0.4 is 5.32 Å². The molecule has 0 aliphatic carbocycles. The maximum Gasteiger partial charge on any atom is 0.321 e. The van der Waals surface area contributed by atoms with Crippen LogP contribution in [0.25, 0.3) is 0 Å². The zero-order chi connectivity index (χ0) is 13.2. The smallest absolute Gasteiger partial charge is 0.321 e. The summed E-state index contributed by atoms with van der Waals surface area (Å²) in [6.45, 7) is 1.29. The minimum atomic E-state index is -1.53. The number of carboxylic acid groups (broad SMARTS) is 1. The van der Waals surface area contributed by atoms with Gasteiger partial charge in [0, 0.05) is 5.75 Å². The number of nitrogens with one attached hydrogen (secondary N) is 1. The van der Waals surface area contributed by atoms with Crippen LogP contribution in [0, 0.1) is 0 Å². The van der Waals surface area contributed by atoms with Gasteiger partial charge in [0.1, 0.15) is 24.4 Å². The second-order valence-corrected chi connectivity index (χ2v) is 5.20. The summed E-state index contributed by atoms with van der Waals surface area (Å²) in [4.78, 5) is 10.7.